The first-order valence-electron chi connectivity index (χ1n) is 9.40. The number of carbonyl (C=O) groups is 3. The van der Waals surface area contributed by atoms with Crippen LogP contribution in [0.5, 0.6) is 0 Å². The molecule has 0 unspecified atom stereocenters. The SMILES string of the molecule is NC(=O)Cc1ccccc1CNC(=O)Cc1ccccc1CNC(=O)c1ccno1. The number of aromatic nitrogens is 1. The lowest BCUT2D eigenvalue weighted by Crippen LogP contribution is -2.27. The van der Waals surface area contributed by atoms with Crippen LogP contribution >= 0.6 is 0 Å². The Hall–Kier alpha value is -3.94. The van der Waals surface area contributed by atoms with Gasteiger partial charge in [-0.25, -0.2) is 0 Å². The molecule has 3 aromatic rings. The molecule has 0 atom stereocenters. The monoisotopic (exact) mass is 406 g/mol. The molecule has 8 heteroatoms. The van der Waals surface area contributed by atoms with Gasteiger partial charge in [-0.2, -0.15) is 0 Å². The minimum absolute atomic E-state index is 0.125. The van der Waals surface area contributed by atoms with Crippen molar-refractivity contribution in [3.63, 3.8) is 0 Å². The highest BCUT2D eigenvalue weighted by atomic mass is 16.5. The predicted octanol–water partition coefficient (Wildman–Crippen LogP) is 1.49. The number of hydrogen-bond donors (Lipinski definition) is 3. The fourth-order valence-electron chi connectivity index (χ4n) is 3.02. The van der Waals surface area contributed by atoms with Crippen molar-refractivity contribution < 1.29 is 18.9 Å². The molecule has 2 aromatic carbocycles. The van der Waals surface area contributed by atoms with E-state index in [0.717, 1.165) is 22.3 Å². The third kappa shape index (κ3) is 5.78. The molecule has 0 aliphatic heterocycles. The molecular weight excluding hydrogens is 384 g/mol. The van der Waals surface area contributed by atoms with Gasteiger partial charge in [0.05, 0.1) is 19.0 Å². The van der Waals surface area contributed by atoms with Crippen molar-refractivity contribution in [1.29, 1.82) is 0 Å². The van der Waals surface area contributed by atoms with Gasteiger partial charge in [0, 0.05) is 19.2 Å². The number of nitrogens with one attached hydrogen (secondary N) is 2. The average molecular weight is 406 g/mol. The quantitative estimate of drug-likeness (QED) is 0.496. The van der Waals surface area contributed by atoms with Gasteiger partial charge in [-0.05, 0) is 22.3 Å². The van der Waals surface area contributed by atoms with Crippen LogP contribution in [0, 0.1) is 0 Å². The molecule has 0 saturated carbocycles. The summed E-state index contributed by atoms with van der Waals surface area (Å²) in [6, 6.07) is 16.2. The summed E-state index contributed by atoms with van der Waals surface area (Å²) in [6.45, 7) is 0.553. The minimum atomic E-state index is -0.421. The summed E-state index contributed by atoms with van der Waals surface area (Å²) < 4.78 is 4.83. The molecular formula is C22H22N4O4. The van der Waals surface area contributed by atoms with Gasteiger partial charge in [0.1, 0.15) is 0 Å². The summed E-state index contributed by atoms with van der Waals surface area (Å²) in [6.07, 6.45) is 1.68. The zero-order valence-corrected chi connectivity index (χ0v) is 16.3. The van der Waals surface area contributed by atoms with Gasteiger partial charge < -0.3 is 20.9 Å². The van der Waals surface area contributed by atoms with E-state index in [1.807, 2.05) is 48.5 Å². The van der Waals surface area contributed by atoms with Crippen LogP contribution < -0.4 is 16.4 Å². The van der Waals surface area contributed by atoms with E-state index in [2.05, 4.69) is 15.8 Å². The Labute approximate surface area is 173 Å². The van der Waals surface area contributed by atoms with Gasteiger partial charge >= 0.3 is 0 Å². The highest BCUT2D eigenvalue weighted by molar-refractivity contribution is 5.91. The maximum atomic E-state index is 12.5. The van der Waals surface area contributed by atoms with Gasteiger partial charge in [-0.3, -0.25) is 14.4 Å². The highest BCUT2D eigenvalue weighted by Crippen LogP contribution is 2.12. The molecule has 154 valence electrons. The average Bonchev–Trinajstić information content (AvgIpc) is 3.27. The van der Waals surface area contributed by atoms with Crippen molar-refractivity contribution in [3.05, 3.63) is 88.8 Å². The second kappa shape index (κ2) is 10.0. The number of rotatable bonds is 9. The van der Waals surface area contributed by atoms with Gasteiger partial charge in [-0.1, -0.05) is 53.7 Å². The summed E-state index contributed by atoms with van der Waals surface area (Å²) in [5.41, 5.74) is 8.55. The first-order valence-corrected chi connectivity index (χ1v) is 9.40. The number of primary amides is 1. The topological polar surface area (TPSA) is 127 Å². The van der Waals surface area contributed by atoms with Gasteiger partial charge in [0.2, 0.25) is 17.6 Å². The Bertz CT molecular complexity index is 1030. The zero-order chi connectivity index (χ0) is 21.3. The largest absolute Gasteiger partial charge is 0.369 e. The fraction of sp³-hybridized carbons (Fsp3) is 0.182. The van der Waals surface area contributed by atoms with Crippen LogP contribution in [0.15, 0.2) is 65.3 Å². The number of amides is 3. The Morgan fingerprint density at radius 2 is 1.37 bits per heavy atom. The van der Waals surface area contributed by atoms with Crippen molar-refractivity contribution >= 4 is 17.7 Å². The number of hydrogen-bond acceptors (Lipinski definition) is 5. The molecule has 0 aliphatic carbocycles. The second-order valence-corrected chi connectivity index (χ2v) is 6.69. The first-order chi connectivity index (χ1) is 14.5. The molecule has 3 amide bonds. The van der Waals surface area contributed by atoms with Crippen molar-refractivity contribution in [2.45, 2.75) is 25.9 Å². The van der Waals surface area contributed by atoms with E-state index >= 15 is 0 Å². The summed E-state index contributed by atoms with van der Waals surface area (Å²) in [7, 11) is 0. The lowest BCUT2D eigenvalue weighted by molar-refractivity contribution is -0.120. The van der Waals surface area contributed by atoms with E-state index in [-0.39, 0.29) is 37.0 Å². The molecule has 30 heavy (non-hydrogen) atoms. The van der Waals surface area contributed by atoms with Crippen molar-refractivity contribution in [2.75, 3.05) is 0 Å². The molecule has 4 N–H and O–H groups in total. The lowest BCUT2D eigenvalue weighted by Gasteiger charge is -2.12. The van der Waals surface area contributed by atoms with Crippen LogP contribution in [0.2, 0.25) is 0 Å². The number of benzene rings is 2. The Morgan fingerprint density at radius 3 is 1.93 bits per heavy atom. The molecule has 0 fully saturated rings. The van der Waals surface area contributed by atoms with E-state index in [1.165, 1.54) is 12.3 Å². The Morgan fingerprint density at radius 1 is 0.800 bits per heavy atom. The molecule has 1 aromatic heterocycles. The van der Waals surface area contributed by atoms with Crippen molar-refractivity contribution in [1.82, 2.24) is 15.8 Å². The van der Waals surface area contributed by atoms with Crippen LogP contribution in [0.4, 0.5) is 0 Å². The zero-order valence-electron chi connectivity index (χ0n) is 16.3. The fourth-order valence-corrected chi connectivity index (χ4v) is 3.02. The Balaban J connectivity index is 1.58. The molecule has 0 aliphatic rings. The van der Waals surface area contributed by atoms with E-state index in [1.54, 1.807) is 0 Å². The maximum Gasteiger partial charge on any atom is 0.290 e. The summed E-state index contributed by atoms with van der Waals surface area (Å²) in [5, 5.41) is 9.13. The lowest BCUT2D eigenvalue weighted by atomic mass is 10.0. The summed E-state index contributed by atoms with van der Waals surface area (Å²) >= 11 is 0. The van der Waals surface area contributed by atoms with Crippen molar-refractivity contribution in [3.8, 4) is 0 Å². The predicted molar refractivity (Wildman–Crippen MR) is 109 cm³/mol. The van der Waals surface area contributed by atoms with Gasteiger partial charge in [-0.15, -0.1) is 0 Å². The van der Waals surface area contributed by atoms with Crippen LogP contribution in [0.3, 0.4) is 0 Å². The van der Waals surface area contributed by atoms with E-state index in [0.29, 0.717) is 6.54 Å². The standard InChI is InChI=1S/C22H22N4O4/c23-20(27)11-15-5-1-3-7-17(15)13-24-21(28)12-16-6-2-4-8-18(16)14-25-22(29)19-9-10-26-30-19/h1-10H,11-14H2,(H2,23,27)(H,24,28)(H,25,29). The van der Waals surface area contributed by atoms with E-state index in [4.69, 9.17) is 10.3 Å². The number of nitrogens with zero attached hydrogens (tertiary/aromatic N) is 1. The first kappa shape index (κ1) is 20.8. The van der Waals surface area contributed by atoms with Crippen LogP contribution in [-0.2, 0) is 35.5 Å². The molecule has 0 saturated heterocycles. The summed E-state index contributed by atoms with van der Waals surface area (Å²) in [5.74, 6) is -0.842. The molecule has 0 bridgehead atoms. The third-order valence-electron chi connectivity index (χ3n) is 4.53. The minimum Gasteiger partial charge on any atom is -0.369 e. The van der Waals surface area contributed by atoms with Crippen LogP contribution in [-0.4, -0.2) is 22.9 Å². The van der Waals surface area contributed by atoms with Crippen molar-refractivity contribution in [2.24, 2.45) is 5.73 Å². The van der Waals surface area contributed by atoms with E-state index in [9.17, 15) is 14.4 Å². The Kier molecular flexibility index (Phi) is 6.94. The molecule has 0 spiro atoms. The normalized spacial score (nSPS) is 10.4. The number of carbonyl (C=O) groups excluding carboxylic acids is 3. The summed E-state index contributed by atoms with van der Waals surface area (Å²) in [4.78, 5) is 35.7. The number of nitrogens with two attached hydrogens (primary N) is 1. The molecule has 8 nitrogen and oxygen atoms in total. The van der Waals surface area contributed by atoms with Gasteiger partial charge in [0.25, 0.3) is 5.91 Å². The second-order valence-electron chi connectivity index (χ2n) is 6.69. The maximum absolute atomic E-state index is 12.5. The molecule has 3 rings (SSSR count). The third-order valence-corrected chi connectivity index (χ3v) is 4.53. The smallest absolute Gasteiger partial charge is 0.290 e. The highest BCUT2D eigenvalue weighted by Gasteiger charge is 2.12. The van der Waals surface area contributed by atoms with Crippen LogP contribution in [0.25, 0.3) is 0 Å². The molecule has 1 heterocycles. The molecule has 0 radical (unpaired) electrons. The van der Waals surface area contributed by atoms with Crippen LogP contribution in [0.1, 0.15) is 32.8 Å². The van der Waals surface area contributed by atoms with Gasteiger partial charge in [0.15, 0.2) is 0 Å². The van der Waals surface area contributed by atoms with E-state index < -0.39 is 5.91 Å².